The molecular weight excluding hydrogens is 371 g/mol. The third-order valence-corrected chi connectivity index (χ3v) is 3.28. The first-order chi connectivity index (χ1) is 6.61. The van der Waals surface area contributed by atoms with Crippen LogP contribution in [0, 0.1) is 3.57 Å². The van der Waals surface area contributed by atoms with Crippen LogP contribution in [0.25, 0.3) is 0 Å². The zero-order valence-corrected chi connectivity index (χ0v) is 11.0. The van der Waals surface area contributed by atoms with E-state index in [1.807, 2.05) is 22.6 Å². The van der Waals surface area contributed by atoms with E-state index in [-0.39, 0.29) is 11.3 Å². The van der Waals surface area contributed by atoms with Crippen molar-refractivity contribution in [2.75, 3.05) is 7.11 Å². The molecule has 0 unspecified atom stereocenters. The second-order valence-electron chi connectivity index (χ2n) is 2.44. The van der Waals surface area contributed by atoms with Crippen LogP contribution in [-0.4, -0.2) is 12.1 Å². The number of alkyl halides is 3. The largest absolute Gasteiger partial charge is 0.495 e. The molecule has 0 amide bonds. The molecule has 1 aromatic rings. The van der Waals surface area contributed by atoms with Gasteiger partial charge in [0.25, 0.3) is 6.43 Å². The number of nitrogens with zero attached hydrogens (tertiary/aromatic N) is 1. The second kappa shape index (κ2) is 5.20. The molecule has 0 bridgehead atoms. The van der Waals surface area contributed by atoms with E-state index >= 15 is 0 Å². The van der Waals surface area contributed by atoms with Gasteiger partial charge in [0.05, 0.1) is 21.9 Å². The van der Waals surface area contributed by atoms with Gasteiger partial charge in [-0.15, -0.1) is 0 Å². The minimum absolute atomic E-state index is 0.165. The van der Waals surface area contributed by atoms with Crippen molar-refractivity contribution < 1.29 is 13.5 Å². The SMILES string of the molecule is COc1c(C(F)F)cnc(CBr)c1I. The summed E-state index contributed by atoms with van der Waals surface area (Å²) in [6.07, 6.45) is -1.40. The summed E-state index contributed by atoms with van der Waals surface area (Å²) in [4.78, 5) is 3.91. The first-order valence-corrected chi connectivity index (χ1v) is 5.87. The number of methoxy groups -OCH3 is 1. The Morgan fingerprint density at radius 2 is 2.29 bits per heavy atom. The number of aromatic nitrogens is 1. The lowest BCUT2D eigenvalue weighted by atomic mass is 10.2. The molecule has 0 spiro atoms. The molecule has 0 atom stereocenters. The van der Waals surface area contributed by atoms with Crippen LogP contribution in [0.2, 0.25) is 0 Å². The van der Waals surface area contributed by atoms with Crippen LogP contribution in [0.1, 0.15) is 17.7 Å². The van der Waals surface area contributed by atoms with Gasteiger partial charge in [0.15, 0.2) is 0 Å². The molecule has 0 aliphatic carbocycles. The van der Waals surface area contributed by atoms with E-state index in [0.29, 0.717) is 14.6 Å². The Bertz CT molecular complexity index is 335. The van der Waals surface area contributed by atoms with Gasteiger partial charge in [0.1, 0.15) is 5.75 Å². The summed E-state index contributed by atoms with van der Waals surface area (Å²) in [5.74, 6) is 0.213. The summed E-state index contributed by atoms with van der Waals surface area (Å²) in [5, 5.41) is 0.519. The average Bonchev–Trinajstić information content (AvgIpc) is 2.17. The number of hydrogen-bond acceptors (Lipinski definition) is 2. The third-order valence-electron chi connectivity index (χ3n) is 1.64. The molecule has 14 heavy (non-hydrogen) atoms. The fourth-order valence-corrected chi connectivity index (χ4v) is 2.79. The molecule has 1 heterocycles. The molecule has 6 heteroatoms. The Morgan fingerprint density at radius 3 is 2.71 bits per heavy atom. The number of pyridine rings is 1. The smallest absolute Gasteiger partial charge is 0.268 e. The molecule has 1 rings (SSSR count). The predicted octanol–water partition coefficient (Wildman–Crippen LogP) is 3.53. The van der Waals surface area contributed by atoms with E-state index in [0.717, 1.165) is 6.20 Å². The third kappa shape index (κ3) is 2.33. The van der Waals surface area contributed by atoms with Gasteiger partial charge in [-0.3, -0.25) is 4.98 Å². The highest BCUT2D eigenvalue weighted by Gasteiger charge is 2.19. The summed E-state index contributed by atoms with van der Waals surface area (Å²) >= 11 is 5.17. The molecule has 0 aromatic carbocycles. The Morgan fingerprint density at radius 1 is 1.64 bits per heavy atom. The highest BCUT2D eigenvalue weighted by Crippen LogP contribution is 2.34. The van der Waals surface area contributed by atoms with Gasteiger partial charge in [-0.1, -0.05) is 15.9 Å². The first-order valence-electron chi connectivity index (χ1n) is 3.67. The van der Waals surface area contributed by atoms with E-state index in [4.69, 9.17) is 4.74 Å². The Labute approximate surface area is 102 Å². The molecule has 0 saturated carbocycles. The molecule has 78 valence electrons. The highest BCUT2D eigenvalue weighted by molar-refractivity contribution is 14.1. The summed E-state index contributed by atoms with van der Waals surface area (Å²) in [6, 6.07) is 0. The Hall–Kier alpha value is 0.0200. The van der Waals surface area contributed by atoms with Crippen molar-refractivity contribution in [3.05, 3.63) is 21.0 Å². The van der Waals surface area contributed by atoms with E-state index in [9.17, 15) is 8.78 Å². The van der Waals surface area contributed by atoms with Crippen molar-refractivity contribution in [2.24, 2.45) is 0 Å². The molecule has 1 aromatic heterocycles. The lowest BCUT2D eigenvalue weighted by Gasteiger charge is -2.11. The number of rotatable bonds is 3. The minimum atomic E-state index is -2.56. The van der Waals surface area contributed by atoms with Crippen molar-refractivity contribution in [3.8, 4) is 5.75 Å². The average molecular weight is 378 g/mol. The molecule has 0 aliphatic heterocycles. The molecule has 0 saturated heterocycles. The topological polar surface area (TPSA) is 22.1 Å². The molecular formula is C8H7BrF2INO. The van der Waals surface area contributed by atoms with Gasteiger partial charge in [-0.25, -0.2) is 8.78 Å². The monoisotopic (exact) mass is 377 g/mol. The molecule has 0 N–H and O–H groups in total. The van der Waals surface area contributed by atoms with Crippen LogP contribution >= 0.6 is 38.5 Å². The standard InChI is InChI=1S/C8H7BrF2INO/c1-14-7-4(8(10)11)3-13-5(2-9)6(7)12/h3,8H,2H2,1H3. The zero-order valence-electron chi connectivity index (χ0n) is 7.23. The maximum absolute atomic E-state index is 12.5. The van der Waals surface area contributed by atoms with E-state index in [1.165, 1.54) is 7.11 Å². The summed E-state index contributed by atoms with van der Waals surface area (Å²) in [6.45, 7) is 0. The Kier molecular flexibility index (Phi) is 4.49. The van der Waals surface area contributed by atoms with Crippen molar-refractivity contribution in [2.45, 2.75) is 11.8 Å². The van der Waals surface area contributed by atoms with Crippen LogP contribution in [-0.2, 0) is 5.33 Å². The van der Waals surface area contributed by atoms with E-state index < -0.39 is 6.43 Å². The second-order valence-corrected chi connectivity index (χ2v) is 4.08. The van der Waals surface area contributed by atoms with Crippen molar-refractivity contribution in [3.63, 3.8) is 0 Å². The minimum Gasteiger partial charge on any atom is -0.495 e. The summed E-state index contributed by atoms with van der Waals surface area (Å²) in [7, 11) is 1.38. The summed E-state index contributed by atoms with van der Waals surface area (Å²) < 4.78 is 30.5. The maximum atomic E-state index is 12.5. The molecule has 0 fully saturated rings. The predicted molar refractivity (Wildman–Crippen MR) is 61.1 cm³/mol. The van der Waals surface area contributed by atoms with Crippen LogP contribution in [0.15, 0.2) is 6.20 Å². The van der Waals surface area contributed by atoms with Crippen LogP contribution < -0.4 is 4.74 Å². The van der Waals surface area contributed by atoms with Crippen molar-refractivity contribution in [1.29, 1.82) is 0 Å². The van der Waals surface area contributed by atoms with Crippen LogP contribution in [0.3, 0.4) is 0 Å². The molecule has 0 radical (unpaired) electrons. The van der Waals surface area contributed by atoms with Crippen LogP contribution in [0.4, 0.5) is 8.78 Å². The summed E-state index contributed by atoms with van der Waals surface area (Å²) in [5.41, 5.74) is 0.536. The van der Waals surface area contributed by atoms with Crippen LogP contribution in [0.5, 0.6) is 5.75 Å². The maximum Gasteiger partial charge on any atom is 0.268 e. The highest BCUT2D eigenvalue weighted by atomic mass is 127. The first kappa shape index (κ1) is 12.1. The number of ether oxygens (including phenoxy) is 1. The van der Waals surface area contributed by atoms with E-state index in [1.54, 1.807) is 0 Å². The number of hydrogen-bond donors (Lipinski definition) is 0. The van der Waals surface area contributed by atoms with Gasteiger partial charge in [0.2, 0.25) is 0 Å². The number of halogens is 4. The fraction of sp³-hybridized carbons (Fsp3) is 0.375. The quantitative estimate of drug-likeness (QED) is 0.594. The van der Waals surface area contributed by atoms with Crippen molar-refractivity contribution >= 4 is 38.5 Å². The van der Waals surface area contributed by atoms with Gasteiger partial charge < -0.3 is 4.74 Å². The normalized spacial score (nSPS) is 10.7. The van der Waals surface area contributed by atoms with Gasteiger partial charge in [-0.05, 0) is 22.6 Å². The van der Waals surface area contributed by atoms with Crippen molar-refractivity contribution in [1.82, 2.24) is 4.98 Å². The lowest BCUT2D eigenvalue weighted by Crippen LogP contribution is -2.00. The lowest BCUT2D eigenvalue weighted by molar-refractivity contribution is 0.146. The Balaban J connectivity index is 3.28. The molecule has 2 nitrogen and oxygen atoms in total. The van der Waals surface area contributed by atoms with Gasteiger partial charge >= 0.3 is 0 Å². The van der Waals surface area contributed by atoms with Gasteiger partial charge in [0, 0.05) is 11.5 Å². The van der Waals surface area contributed by atoms with Gasteiger partial charge in [-0.2, -0.15) is 0 Å². The van der Waals surface area contributed by atoms with E-state index in [2.05, 4.69) is 20.9 Å². The molecule has 0 aliphatic rings. The zero-order chi connectivity index (χ0) is 10.7. The fourth-order valence-electron chi connectivity index (χ4n) is 0.977.